The number of ether oxygens (including phenoxy) is 1. The molecular weight excluding hydrogens is 588 g/mol. The molecule has 3 aliphatic rings. The first-order valence-corrected chi connectivity index (χ1v) is 17.2. The molecule has 9 nitrogen and oxygen atoms in total. The lowest BCUT2D eigenvalue weighted by Crippen LogP contribution is -2.73. The van der Waals surface area contributed by atoms with Gasteiger partial charge in [-0.25, -0.2) is 8.42 Å². The number of carbonyl (C=O) groups excluding carboxylic acids is 2. The highest BCUT2D eigenvalue weighted by molar-refractivity contribution is 7.92. The number of anilines is 1. The van der Waals surface area contributed by atoms with Crippen LogP contribution in [0.15, 0.2) is 48.5 Å². The van der Waals surface area contributed by atoms with E-state index in [1.165, 1.54) is 32.1 Å². The fraction of sp³-hybridized carbons (Fsp3) is 0.562. The summed E-state index contributed by atoms with van der Waals surface area (Å²) in [5, 5.41) is 3.17. The van der Waals surface area contributed by atoms with Gasteiger partial charge in [0, 0.05) is 31.9 Å². The van der Waals surface area contributed by atoms with Crippen LogP contribution in [0, 0.1) is 5.92 Å². The minimum absolute atomic E-state index is 0. The first-order chi connectivity index (χ1) is 20.1. The summed E-state index contributed by atoms with van der Waals surface area (Å²) >= 11 is 0. The first-order valence-electron chi connectivity index (χ1n) is 15.3. The predicted octanol–water partition coefficient (Wildman–Crippen LogP) is 5.31. The Morgan fingerprint density at radius 1 is 0.953 bits per heavy atom. The van der Waals surface area contributed by atoms with Gasteiger partial charge in [0.2, 0.25) is 21.8 Å². The van der Waals surface area contributed by atoms with Gasteiger partial charge in [0.15, 0.2) is 0 Å². The summed E-state index contributed by atoms with van der Waals surface area (Å²) in [6.45, 7) is 4.97. The van der Waals surface area contributed by atoms with Crippen LogP contribution in [0.5, 0.6) is 11.5 Å². The highest BCUT2D eigenvalue weighted by Crippen LogP contribution is 2.36. The van der Waals surface area contributed by atoms with Crippen molar-refractivity contribution >= 4 is 39.9 Å². The third-order valence-electron chi connectivity index (χ3n) is 8.96. The number of likely N-dealkylation sites (tertiary alicyclic amines) is 1. The van der Waals surface area contributed by atoms with Crippen LogP contribution in [0.25, 0.3) is 0 Å². The molecule has 0 aromatic heterocycles. The number of halogens is 1. The number of nitrogens with zero attached hydrogens (tertiary/aromatic N) is 2. The van der Waals surface area contributed by atoms with Crippen LogP contribution >= 0.6 is 12.4 Å². The molecule has 11 heteroatoms. The van der Waals surface area contributed by atoms with Gasteiger partial charge in [0.05, 0.1) is 6.26 Å². The van der Waals surface area contributed by atoms with E-state index in [0.29, 0.717) is 42.5 Å². The molecular formula is C32H45ClN4O5S. The average molecular weight is 633 g/mol. The number of amides is 2. The lowest BCUT2D eigenvalue weighted by atomic mass is 9.79. The Kier molecular flexibility index (Phi) is 11.0. The summed E-state index contributed by atoms with van der Waals surface area (Å²) in [4.78, 5) is 31.6. The van der Waals surface area contributed by atoms with Crippen molar-refractivity contribution in [3.63, 3.8) is 0 Å². The Morgan fingerprint density at radius 2 is 1.56 bits per heavy atom. The topological polar surface area (TPSA) is 108 Å². The monoisotopic (exact) mass is 632 g/mol. The fourth-order valence-electron chi connectivity index (χ4n) is 6.78. The second kappa shape index (κ2) is 14.3. The smallest absolute Gasteiger partial charge is 0.246 e. The van der Waals surface area contributed by atoms with Gasteiger partial charge >= 0.3 is 0 Å². The molecule has 0 bridgehead atoms. The molecule has 3 fully saturated rings. The van der Waals surface area contributed by atoms with Crippen LogP contribution in [0.4, 0.5) is 5.69 Å². The Bertz CT molecular complexity index is 1340. The third-order valence-corrected chi connectivity index (χ3v) is 9.56. The van der Waals surface area contributed by atoms with Crippen LogP contribution in [0.1, 0.15) is 70.3 Å². The second-order valence-corrected chi connectivity index (χ2v) is 14.0. The van der Waals surface area contributed by atoms with Crippen molar-refractivity contribution in [2.75, 3.05) is 30.6 Å². The van der Waals surface area contributed by atoms with Gasteiger partial charge in [-0.1, -0.05) is 51.2 Å². The average Bonchev–Trinajstić information content (AvgIpc) is 2.97. The number of hydrogen-bond acceptors (Lipinski definition) is 6. The van der Waals surface area contributed by atoms with Gasteiger partial charge < -0.3 is 15.0 Å². The van der Waals surface area contributed by atoms with E-state index >= 15 is 0 Å². The Labute approximate surface area is 262 Å². The molecule has 1 spiro atoms. The highest BCUT2D eigenvalue weighted by atomic mass is 35.5. The first kappa shape index (κ1) is 33.1. The van der Waals surface area contributed by atoms with E-state index in [0.717, 1.165) is 44.3 Å². The molecule has 2 heterocycles. The van der Waals surface area contributed by atoms with Crippen molar-refractivity contribution in [3.05, 3.63) is 54.1 Å². The molecule has 2 aromatic carbocycles. The summed E-state index contributed by atoms with van der Waals surface area (Å²) in [6.07, 6.45) is 10.1. The van der Waals surface area contributed by atoms with E-state index in [4.69, 9.17) is 4.74 Å². The van der Waals surface area contributed by atoms with E-state index in [2.05, 4.69) is 21.9 Å². The van der Waals surface area contributed by atoms with Gasteiger partial charge in [-0.3, -0.25) is 19.2 Å². The molecule has 2 aliphatic heterocycles. The van der Waals surface area contributed by atoms with Crippen molar-refractivity contribution < 1.29 is 22.7 Å². The van der Waals surface area contributed by atoms with Gasteiger partial charge in [0.1, 0.15) is 23.1 Å². The summed E-state index contributed by atoms with van der Waals surface area (Å²) in [5.74, 6) is 2.00. The molecule has 1 atom stereocenters. The highest BCUT2D eigenvalue weighted by Gasteiger charge is 2.53. The zero-order valence-corrected chi connectivity index (χ0v) is 26.9. The predicted molar refractivity (Wildman–Crippen MR) is 171 cm³/mol. The van der Waals surface area contributed by atoms with E-state index in [1.807, 2.05) is 29.2 Å². The summed E-state index contributed by atoms with van der Waals surface area (Å²) in [6, 6.07) is 14.3. The second-order valence-electron chi connectivity index (χ2n) is 12.2. The molecule has 0 radical (unpaired) electrons. The maximum atomic E-state index is 13.7. The minimum Gasteiger partial charge on any atom is -0.457 e. The quantitative estimate of drug-likeness (QED) is 0.367. The molecule has 2 saturated heterocycles. The van der Waals surface area contributed by atoms with Crippen LogP contribution in [0.2, 0.25) is 0 Å². The molecule has 0 unspecified atom stereocenters. The number of carbonyl (C=O) groups is 2. The van der Waals surface area contributed by atoms with Gasteiger partial charge in [-0.15, -0.1) is 12.4 Å². The van der Waals surface area contributed by atoms with Gasteiger partial charge in [-0.05, 0) is 73.6 Å². The third kappa shape index (κ3) is 8.22. The van der Waals surface area contributed by atoms with Crippen molar-refractivity contribution in [2.45, 2.75) is 82.8 Å². The number of nitrogens with one attached hydrogen (secondary N) is 2. The summed E-state index contributed by atoms with van der Waals surface area (Å²) in [5.41, 5.74) is 0.889. The molecule has 1 aliphatic carbocycles. The largest absolute Gasteiger partial charge is 0.457 e. The van der Waals surface area contributed by atoms with Gasteiger partial charge in [0.25, 0.3) is 0 Å². The molecule has 5 rings (SSSR count). The summed E-state index contributed by atoms with van der Waals surface area (Å²) in [7, 11) is -3.32. The van der Waals surface area contributed by atoms with Crippen LogP contribution in [-0.4, -0.2) is 67.5 Å². The number of benzene rings is 2. The van der Waals surface area contributed by atoms with E-state index in [1.54, 1.807) is 24.3 Å². The molecule has 43 heavy (non-hydrogen) atoms. The van der Waals surface area contributed by atoms with Crippen LogP contribution in [0.3, 0.4) is 0 Å². The zero-order chi connectivity index (χ0) is 29.7. The number of hydrogen-bond donors (Lipinski definition) is 2. The summed E-state index contributed by atoms with van der Waals surface area (Å²) < 4.78 is 31.1. The molecule has 2 aromatic rings. The molecule has 2 N–H and O–H groups in total. The Balaban J connectivity index is 0.00000423. The fourth-order valence-corrected chi connectivity index (χ4v) is 7.34. The molecule has 2 amide bonds. The number of sulfonamides is 1. The number of rotatable bonds is 10. The maximum Gasteiger partial charge on any atom is 0.246 e. The van der Waals surface area contributed by atoms with Crippen LogP contribution < -0.4 is 14.8 Å². The lowest BCUT2D eigenvalue weighted by molar-refractivity contribution is -0.162. The van der Waals surface area contributed by atoms with Crippen molar-refractivity contribution in [2.24, 2.45) is 5.92 Å². The number of piperazine rings is 1. The SMILES string of the molecule is CCCN1C(=O)[C@H](CC2CCCCC2)NC(=O)C12CCN(Cc1ccc(Oc3ccc(NS(C)(=O)=O)cc3)cc1)CC2.Cl. The van der Waals surface area contributed by atoms with E-state index < -0.39 is 15.6 Å². The van der Waals surface area contributed by atoms with Gasteiger partial charge in [-0.2, -0.15) is 0 Å². The molecule has 236 valence electrons. The van der Waals surface area contributed by atoms with Crippen LogP contribution in [-0.2, 0) is 26.2 Å². The molecule has 1 saturated carbocycles. The van der Waals surface area contributed by atoms with Crippen molar-refractivity contribution in [1.82, 2.24) is 15.1 Å². The minimum atomic E-state index is -3.32. The number of piperidine rings is 1. The van der Waals surface area contributed by atoms with Crippen molar-refractivity contribution in [1.29, 1.82) is 0 Å². The zero-order valence-electron chi connectivity index (χ0n) is 25.2. The standard InChI is InChI=1S/C32H44N4O5S.ClH/c1-3-19-36-30(37)29(22-24-7-5-4-6-8-24)33-31(38)32(36)17-20-35(21-18-32)23-25-9-13-27(14-10-25)41-28-15-11-26(12-16-28)34-42(2,39)40;/h9-16,24,29,34H,3-8,17-23H2,1-2H3,(H,33,38);1H/t29-;/m0./s1. The Hall–Kier alpha value is -2.82. The van der Waals surface area contributed by atoms with E-state index in [9.17, 15) is 18.0 Å². The maximum absolute atomic E-state index is 13.7. The normalized spacial score (nSPS) is 21.3. The lowest BCUT2D eigenvalue weighted by Gasteiger charge is -2.52. The van der Waals surface area contributed by atoms with Crippen molar-refractivity contribution in [3.8, 4) is 11.5 Å². The van der Waals surface area contributed by atoms with E-state index in [-0.39, 0.29) is 30.3 Å². The Morgan fingerprint density at radius 3 is 2.14 bits per heavy atom.